The van der Waals surface area contributed by atoms with E-state index < -0.39 is 0 Å². The van der Waals surface area contributed by atoms with Crippen LogP contribution in [0.5, 0.6) is 0 Å². The maximum atomic E-state index is 5.66. The van der Waals surface area contributed by atoms with Crippen molar-refractivity contribution in [2.45, 2.75) is 51.9 Å². The normalized spacial score (nSPS) is 27.2. The van der Waals surface area contributed by atoms with Crippen molar-refractivity contribution in [3.8, 4) is 0 Å². The molecule has 2 nitrogen and oxygen atoms in total. The van der Waals surface area contributed by atoms with Crippen LogP contribution in [-0.4, -0.2) is 18.5 Å². The van der Waals surface area contributed by atoms with E-state index in [1.165, 1.54) is 6.42 Å². The monoisotopic (exact) mass is 184 g/mol. The predicted molar refractivity (Wildman–Crippen MR) is 53.6 cm³/mol. The van der Waals surface area contributed by atoms with Gasteiger partial charge in [0.1, 0.15) is 0 Å². The molecular formula is C11H20O2. The first-order valence-electron chi connectivity index (χ1n) is 5.11. The molecule has 1 heterocycles. The summed E-state index contributed by atoms with van der Waals surface area (Å²) in [6, 6.07) is 0. The van der Waals surface area contributed by atoms with Gasteiger partial charge >= 0.3 is 0 Å². The summed E-state index contributed by atoms with van der Waals surface area (Å²) in [4.78, 5) is 0. The molecular weight excluding hydrogens is 164 g/mol. The molecule has 0 spiro atoms. The quantitative estimate of drug-likeness (QED) is 0.625. The van der Waals surface area contributed by atoms with Gasteiger partial charge in [0.15, 0.2) is 5.79 Å². The number of rotatable bonds is 4. The first-order valence-corrected chi connectivity index (χ1v) is 5.11. The van der Waals surface area contributed by atoms with E-state index in [9.17, 15) is 0 Å². The van der Waals surface area contributed by atoms with Crippen molar-refractivity contribution < 1.29 is 9.47 Å². The summed E-state index contributed by atoms with van der Waals surface area (Å²) in [5.41, 5.74) is 0. The Morgan fingerprint density at radius 1 is 1.38 bits per heavy atom. The predicted octanol–water partition coefficient (Wildman–Crippen LogP) is 2.88. The Morgan fingerprint density at radius 2 is 2.15 bits per heavy atom. The third kappa shape index (κ3) is 3.92. The molecule has 0 saturated carbocycles. The Bertz CT molecular complexity index is 173. The zero-order valence-corrected chi connectivity index (χ0v) is 8.88. The number of hydrogen-bond acceptors (Lipinski definition) is 2. The van der Waals surface area contributed by atoms with Crippen molar-refractivity contribution >= 4 is 0 Å². The second-order valence-electron chi connectivity index (χ2n) is 3.95. The highest BCUT2D eigenvalue weighted by Crippen LogP contribution is 2.24. The van der Waals surface area contributed by atoms with Gasteiger partial charge in [0.25, 0.3) is 0 Å². The fourth-order valence-electron chi connectivity index (χ4n) is 1.41. The summed E-state index contributed by atoms with van der Waals surface area (Å²) in [5.74, 6) is -0.372. The number of ether oxygens (including phenoxy) is 2. The molecule has 2 heteroatoms. The highest BCUT2D eigenvalue weighted by molar-refractivity contribution is 4.86. The Balaban J connectivity index is 2.17. The summed E-state index contributed by atoms with van der Waals surface area (Å²) in [6.07, 6.45) is 8.01. The zero-order chi connectivity index (χ0) is 9.73. The lowest BCUT2D eigenvalue weighted by molar-refractivity contribution is -0.137. The Hall–Kier alpha value is -0.340. The van der Waals surface area contributed by atoms with Crippen molar-refractivity contribution in [2.24, 2.45) is 0 Å². The first-order chi connectivity index (χ1) is 6.14. The van der Waals surface area contributed by atoms with Crippen LogP contribution in [0, 0.1) is 0 Å². The van der Waals surface area contributed by atoms with Crippen molar-refractivity contribution in [3.05, 3.63) is 12.2 Å². The van der Waals surface area contributed by atoms with Gasteiger partial charge in [-0.15, -0.1) is 0 Å². The van der Waals surface area contributed by atoms with E-state index in [0.717, 1.165) is 19.4 Å². The van der Waals surface area contributed by atoms with Gasteiger partial charge in [0, 0.05) is 0 Å². The maximum absolute atomic E-state index is 5.66. The topological polar surface area (TPSA) is 18.5 Å². The molecule has 13 heavy (non-hydrogen) atoms. The molecule has 0 aromatic heterocycles. The van der Waals surface area contributed by atoms with Crippen molar-refractivity contribution in [2.75, 3.05) is 6.61 Å². The van der Waals surface area contributed by atoms with Crippen LogP contribution in [0.1, 0.15) is 40.0 Å². The van der Waals surface area contributed by atoms with Gasteiger partial charge in [0.05, 0.1) is 12.7 Å². The van der Waals surface area contributed by atoms with Gasteiger partial charge in [0.2, 0.25) is 0 Å². The van der Waals surface area contributed by atoms with Crippen LogP contribution >= 0.6 is 0 Å². The average molecular weight is 184 g/mol. The van der Waals surface area contributed by atoms with E-state index in [2.05, 4.69) is 19.1 Å². The van der Waals surface area contributed by atoms with E-state index in [0.29, 0.717) is 0 Å². The molecule has 0 aromatic rings. The largest absolute Gasteiger partial charge is 0.348 e. The maximum Gasteiger partial charge on any atom is 0.163 e. The minimum atomic E-state index is -0.372. The van der Waals surface area contributed by atoms with Crippen molar-refractivity contribution in [1.82, 2.24) is 0 Å². The summed E-state index contributed by atoms with van der Waals surface area (Å²) in [7, 11) is 0. The van der Waals surface area contributed by atoms with Gasteiger partial charge in [-0.1, -0.05) is 25.5 Å². The van der Waals surface area contributed by atoms with Crippen molar-refractivity contribution in [1.29, 1.82) is 0 Å². The number of hydrogen-bond donors (Lipinski definition) is 0. The van der Waals surface area contributed by atoms with Crippen LogP contribution in [0.2, 0.25) is 0 Å². The molecule has 1 saturated heterocycles. The molecule has 1 atom stereocenters. The van der Waals surface area contributed by atoms with E-state index >= 15 is 0 Å². The van der Waals surface area contributed by atoms with Gasteiger partial charge in [-0.2, -0.15) is 0 Å². The second-order valence-corrected chi connectivity index (χ2v) is 3.95. The molecule has 0 aromatic carbocycles. The lowest BCUT2D eigenvalue weighted by atomic mass is 10.2. The average Bonchev–Trinajstić information content (AvgIpc) is 2.40. The van der Waals surface area contributed by atoms with Crippen LogP contribution in [0.25, 0.3) is 0 Å². The molecule has 0 amide bonds. The SMILES string of the molecule is CCC/C=C\C[C@H]1COC(C)(C)O1. The minimum absolute atomic E-state index is 0.253. The Kier molecular flexibility index (Phi) is 3.94. The molecule has 0 unspecified atom stereocenters. The molecule has 1 aliphatic rings. The van der Waals surface area contributed by atoms with Crippen LogP contribution in [0.4, 0.5) is 0 Å². The lowest BCUT2D eigenvalue weighted by Gasteiger charge is -2.16. The van der Waals surface area contributed by atoms with Crippen LogP contribution in [0.3, 0.4) is 0 Å². The smallest absolute Gasteiger partial charge is 0.163 e. The molecule has 0 N–H and O–H groups in total. The molecule has 1 fully saturated rings. The van der Waals surface area contributed by atoms with Crippen LogP contribution in [-0.2, 0) is 9.47 Å². The number of allylic oxidation sites excluding steroid dienone is 1. The molecule has 1 rings (SSSR count). The van der Waals surface area contributed by atoms with Crippen LogP contribution in [0.15, 0.2) is 12.2 Å². The second kappa shape index (κ2) is 4.77. The molecule has 1 aliphatic heterocycles. The summed E-state index contributed by atoms with van der Waals surface area (Å²) < 4.78 is 11.1. The van der Waals surface area contributed by atoms with Crippen molar-refractivity contribution in [3.63, 3.8) is 0 Å². The van der Waals surface area contributed by atoms with E-state index in [-0.39, 0.29) is 11.9 Å². The molecule has 0 radical (unpaired) electrons. The van der Waals surface area contributed by atoms with E-state index in [4.69, 9.17) is 9.47 Å². The van der Waals surface area contributed by atoms with Gasteiger partial charge in [-0.3, -0.25) is 0 Å². The van der Waals surface area contributed by atoms with Gasteiger partial charge < -0.3 is 9.47 Å². The fourth-order valence-corrected chi connectivity index (χ4v) is 1.41. The van der Waals surface area contributed by atoms with E-state index in [1.807, 2.05) is 13.8 Å². The third-order valence-electron chi connectivity index (χ3n) is 2.09. The standard InChI is InChI=1S/C11H20O2/c1-4-5-6-7-8-10-9-12-11(2,3)13-10/h6-7,10H,4-5,8-9H2,1-3H3/b7-6-/t10-/m0/s1. The van der Waals surface area contributed by atoms with E-state index in [1.54, 1.807) is 0 Å². The highest BCUT2D eigenvalue weighted by atomic mass is 16.7. The Labute approximate surface area is 80.9 Å². The number of unbranched alkanes of at least 4 members (excludes halogenated alkanes) is 1. The summed E-state index contributed by atoms with van der Waals surface area (Å²) in [5, 5.41) is 0. The molecule has 76 valence electrons. The molecule has 0 aliphatic carbocycles. The summed E-state index contributed by atoms with van der Waals surface area (Å²) in [6.45, 7) is 6.83. The fraction of sp³-hybridized carbons (Fsp3) is 0.818. The van der Waals surface area contributed by atoms with Gasteiger partial charge in [-0.05, 0) is 26.7 Å². The first kappa shape index (κ1) is 10.7. The highest BCUT2D eigenvalue weighted by Gasteiger charge is 2.31. The minimum Gasteiger partial charge on any atom is -0.348 e. The molecule has 0 bridgehead atoms. The summed E-state index contributed by atoms with van der Waals surface area (Å²) >= 11 is 0. The third-order valence-corrected chi connectivity index (χ3v) is 2.09. The zero-order valence-electron chi connectivity index (χ0n) is 8.88. The lowest BCUT2D eigenvalue weighted by Crippen LogP contribution is -2.21. The van der Waals surface area contributed by atoms with Gasteiger partial charge in [-0.25, -0.2) is 0 Å². The Morgan fingerprint density at radius 3 is 2.69 bits per heavy atom. The van der Waals surface area contributed by atoms with Crippen LogP contribution < -0.4 is 0 Å².